The molecule has 9 heavy (non-hydrogen) atoms. The highest BCUT2D eigenvalue weighted by Gasteiger charge is 2.09. The number of hydrogen-bond acceptors (Lipinski definition) is 3. The molecule has 0 heterocycles. The number of primary amides is 1. The van der Waals surface area contributed by atoms with E-state index >= 15 is 0 Å². The van der Waals surface area contributed by atoms with E-state index in [1.54, 1.807) is 0 Å². The third-order valence-electron chi connectivity index (χ3n) is 0.909. The summed E-state index contributed by atoms with van der Waals surface area (Å²) < 4.78 is 4.43. The van der Waals surface area contributed by atoms with Crippen molar-refractivity contribution in [3.8, 4) is 0 Å². The van der Waals surface area contributed by atoms with Crippen molar-refractivity contribution in [3.05, 3.63) is 0 Å². The summed E-state index contributed by atoms with van der Waals surface area (Å²) in [7, 11) is 0. The fourth-order valence-corrected chi connectivity index (χ4v) is 0.270. The highest BCUT2D eigenvalue weighted by Crippen LogP contribution is 1.98. The van der Waals surface area contributed by atoms with Crippen LogP contribution in [0.4, 0.5) is 4.79 Å². The van der Waals surface area contributed by atoms with Gasteiger partial charge >= 0.3 is 6.09 Å². The Labute approximate surface area is 54.2 Å². The van der Waals surface area contributed by atoms with Gasteiger partial charge in [-0.25, -0.2) is 4.79 Å². The van der Waals surface area contributed by atoms with Crippen molar-refractivity contribution in [2.24, 2.45) is 17.4 Å². The number of carbonyl (C=O) groups is 1. The Morgan fingerprint density at radius 3 is 2.11 bits per heavy atom. The molecule has 1 atom stereocenters. The standard InChI is InChI=1S/C5H12N2O2/c1-3(2)4(6)9-5(7)8/h3-4H,6H2,1-2H3,(H2,7,8). The zero-order valence-electron chi connectivity index (χ0n) is 5.63. The minimum atomic E-state index is -0.823. The first kappa shape index (κ1) is 8.23. The molecule has 0 aliphatic heterocycles. The van der Waals surface area contributed by atoms with E-state index in [-0.39, 0.29) is 5.92 Å². The Morgan fingerprint density at radius 2 is 2.00 bits per heavy atom. The van der Waals surface area contributed by atoms with Crippen molar-refractivity contribution in [1.82, 2.24) is 0 Å². The first-order chi connectivity index (χ1) is 4.04. The zero-order chi connectivity index (χ0) is 7.44. The summed E-state index contributed by atoms with van der Waals surface area (Å²) in [5.74, 6) is 0.109. The van der Waals surface area contributed by atoms with E-state index in [0.29, 0.717) is 0 Å². The molecule has 0 spiro atoms. The Kier molecular flexibility index (Phi) is 3.01. The van der Waals surface area contributed by atoms with Gasteiger partial charge < -0.3 is 10.5 Å². The number of nitrogens with two attached hydrogens (primary N) is 2. The SMILES string of the molecule is CC(C)C(N)OC(N)=O. The van der Waals surface area contributed by atoms with Gasteiger partial charge in [0.15, 0.2) is 6.23 Å². The summed E-state index contributed by atoms with van der Waals surface area (Å²) in [4.78, 5) is 10.0. The molecule has 4 N–H and O–H groups in total. The number of rotatable bonds is 2. The van der Waals surface area contributed by atoms with Crippen LogP contribution in [-0.4, -0.2) is 12.3 Å². The van der Waals surface area contributed by atoms with Gasteiger partial charge in [0.1, 0.15) is 0 Å². The topological polar surface area (TPSA) is 78.3 Å². The molecule has 1 amide bonds. The molecule has 4 nitrogen and oxygen atoms in total. The van der Waals surface area contributed by atoms with Crippen molar-refractivity contribution in [3.63, 3.8) is 0 Å². The molecule has 1 unspecified atom stereocenters. The lowest BCUT2D eigenvalue weighted by Crippen LogP contribution is -2.34. The van der Waals surface area contributed by atoms with Crippen molar-refractivity contribution in [2.45, 2.75) is 20.1 Å². The second kappa shape index (κ2) is 3.29. The minimum absolute atomic E-state index is 0.109. The van der Waals surface area contributed by atoms with Crippen molar-refractivity contribution in [1.29, 1.82) is 0 Å². The third kappa shape index (κ3) is 3.78. The smallest absolute Gasteiger partial charge is 0.406 e. The maximum Gasteiger partial charge on any atom is 0.406 e. The molecule has 0 bridgehead atoms. The lowest BCUT2D eigenvalue weighted by Gasteiger charge is -2.13. The summed E-state index contributed by atoms with van der Waals surface area (Å²) in [5, 5.41) is 0. The molecule has 54 valence electrons. The van der Waals surface area contributed by atoms with Crippen LogP contribution in [0.25, 0.3) is 0 Å². The van der Waals surface area contributed by atoms with Crippen LogP contribution < -0.4 is 11.5 Å². The summed E-state index contributed by atoms with van der Waals surface area (Å²) in [5.41, 5.74) is 9.98. The average Bonchev–Trinajstić information content (AvgIpc) is 1.63. The molecule has 0 aromatic carbocycles. The van der Waals surface area contributed by atoms with E-state index in [1.165, 1.54) is 0 Å². The fraction of sp³-hybridized carbons (Fsp3) is 0.800. The fourth-order valence-electron chi connectivity index (χ4n) is 0.270. The molecular formula is C5H12N2O2. The quantitative estimate of drug-likeness (QED) is 0.520. The van der Waals surface area contributed by atoms with E-state index in [2.05, 4.69) is 4.74 Å². The Balaban J connectivity index is 3.50. The van der Waals surface area contributed by atoms with Crippen LogP contribution in [0, 0.1) is 5.92 Å². The van der Waals surface area contributed by atoms with E-state index in [4.69, 9.17) is 11.5 Å². The predicted octanol–water partition coefficient (Wildman–Crippen LogP) is 0.0225. The molecule has 0 aliphatic carbocycles. The molecule has 0 aromatic heterocycles. The zero-order valence-corrected chi connectivity index (χ0v) is 5.63. The van der Waals surface area contributed by atoms with Crippen LogP contribution in [0.15, 0.2) is 0 Å². The lowest BCUT2D eigenvalue weighted by atomic mass is 10.2. The van der Waals surface area contributed by atoms with Crippen LogP contribution in [0.5, 0.6) is 0 Å². The molecule has 0 fully saturated rings. The van der Waals surface area contributed by atoms with E-state index in [9.17, 15) is 4.79 Å². The maximum absolute atomic E-state index is 10.0. The molecular weight excluding hydrogens is 120 g/mol. The summed E-state index contributed by atoms with van der Waals surface area (Å²) in [6.45, 7) is 3.68. The third-order valence-corrected chi connectivity index (χ3v) is 0.909. The number of amides is 1. The number of hydrogen-bond donors (Lipinski definition) is 2. The van der Waals surface area contributed by atoms with E-state index < -0.39 is 12.3 Å². The van der Waals surface area contributed by atoms with Crippen LogP contribution >= 0.6 is 0 Å². The van der Waals surface area contributed by atoms with Gasteiger partial charge in [0.25, 0.3) is 0 Å². The highest BCUT2D eigenvalue weighted by atomic mass is 16.6. The number of carbonyl (C=O) groups excluding carboxylic acids is 1. The second-order valence-corrected chi connectivity index (χ2v) is 2.15. The molecule has 4 heteroatoms. The Hall–Kier alpha value is -0.770. The molecule has 0 saturated carbocycles. The van der Waals surface area contributed by atoms with Crippen LogP contribution in [0.2, 0.25) is 0 Å². The van der Waals surface area contributed by atoms with Crippen LogP contribution in [0.1, 0.15) is 13.8 Å². The Morgan fingerprint density at radius 1 is 1.56 bits per heavy atom. The summed E-state index contributed by atoms with van der Waals surface area (Å²) in [6, 6.07) is 0. The van der Waals surface area contributed by atoms with Gasteiger partial charge in [-0.3, -0.25) is 5.73 Å². The van der Waals surface area contributed by atoms with E-state index in [0.717, 1.165) is 0 Å². The predicted molar refractivity (Wildman–Crippen MR) is 33.5 cm³/mol. The first-order valence-electron chi connectivity index (χ1n) is 2.75. The molecule has 0 aromatic rings. The number of ether oxygens (including phenoxy) is 1. The maximum atomic E-state index is 10.0. The van der Waals surface area contributed by atoms with Gasteiger partial charge in [0.05, 0.1) is 0 Å². The molecule has 0 radical (unpaired) electrons. The molecule has 0 aliphatic rings. The highest BCUT2D eigenvalue weighted by molar-refractivity contribution is 5.64. The van der Waals surface area contributed by atoms with Crippen molar-refractivity contribution < 1.29 is 9.53 Å². The van der Waals surface area contributed by atoms with Gasteiger partial charge in [-0.2, -0.15) is 0 Å². The van der Waals surface area contributed by atoms with Gasteiger partial charge in [0.2, 0.25) is 0 Å². The van der Waals surface area contributed by atoms with Gasteiger partial charge in [0, 0.05) is 5.92 Å². The van der Waals surface area contributed by atoms with Crippen molar-refractivity contribution >= 4 is 6.09 Å². The molecule has 0 rings (SSSR count). The summed E-state index contributed by atoms with van der Waals surface area (Å²) in [6.07, 6.45) is -1.40. The monoisotopic (exact) mass is 132 g/mol. The second-order valence-electron chi connectivity index (χ2n) is 2.15. The molecule has 0 saturated heterocycles. The average molecular weight is 132 g/mol. The van der Waals surface area contributed by atoms with Gasteiger partial charge in [-0.1, -0.05) is 13.8 Å². The van der Waals surface area contributed by atoms with Crippen molar-refractivity contribution in [2.75, 3.05) is 0 Å². The van der Waals surface area contributed by atoms with Gasteiger partial charge in [-0.15, -0.1) is 0 Å². The van der Waals surface area contributed by atoms with Gasteiger partial charge in [-0.05, 0) is 0 Å². The summed E-state index contributed by atoms with van der Waals surface area (Å²) >= 11 is 0. The minimum Gasteiger partial charge on any atom is -0.431 e. The lowest BCUT2D eigenvalue weighted by molar-refractivity contribution is 0.0828. The van der Waals surface area contributed by atoms with Crippen LogP contribution in [-0.2, 0) is 4.74 Å². The van der Waals surface area contributed by atoms with Crippen LogP contribution in [0.3, 0.4) is 0 Å². The normalized spacial score (nSPS) is 13.3. The first-order valence-corrected chi connectivity index (χ1v) is 2.75. The van der Waals surface area contributed by atoms with E-state index in [1.807, 2.05) is 13.8 Å². The Bertz CT molecular complexity index is 103. The largest absolute Gasteiger partial charge is 0.431 e.